The Balaban J connectivity index is 4.28. The van der Waals surface area contributed by atoms with Gasteiger partial charge in [0.05, 0.1) is 5.41 Å². The zero-order valence-corrected chi connectivity index (χ0v) is 12.1. The topological polar surface area (TPSA) is 66.4 Å². The Kier molecular flexibility index (Phi) is 7.64. The predicted octanol–water partition coefficient (Wildman–Crippen LogP) is 2.96. The lowest BCUT2D eigenvalue weighted by atomic mass is 9.89. The minimum absolute atomic E-state index is 0.0364. The summed E-state index contributed by atoms with van der Waals surface area (Å²) in [6.07, 6.45) is 5.19. The molecule has 0 aliphatic heterocycles. The number of nitrogens with one attached hydrogen (secondary N) is 1. The van der Waals surface area contributed by atoms with Crippen LogP contribution < -0.4 is 5.32 Å². The number of carboxylic acid groups (broad SMARTS) is 1. The Hall–Kier alpha value is -1.06. The molecular formula is C14H27NO3. The number of aliphatic carboxylic acids is 1. The van der Waals surface area contributed by atoms with Gasteiger partial charge in [-0.1, -0.05) is 33.1 Å². The number of rotatable bonds is 9. The Morgan fingerprint density at radius 2 is 1.78 bits per heavy atom. The number of carboxylic acids is 1. The van der Waals surface area contributed by atoms with Gasteiger partial charge < -0.3 is 10.4 Å². The molecule has 106 valence electrons. The SMILES string of the molecule is CCCCC(CCC)NC(=O)CC(C)(C)C(=O)O. The highest BCUT2D eigenvalue weighted by molar-refractivity contribution is 5.84. The Bertz CT molecular complexity index is 274. The second-order valence-corrected chi connectivity index (χ2v) is 5.56. The number of unbranched alkanes of at least 4 members (excludes halogenated alkanes) is 1. The van der Waals surface area contributed by atoms with E-state index < -0.39 is 11.4 Å². The van der Waals surface area contributed by atoms with Gasteiger partial charge in [0.1, 0.15) is 0 Å². The van der Waals surface area contributed by atoms with E-state index in [1.165, 1.54) is 0 Å². The lowest BCUT2D eigenvalue weighted by Crippen LogP contribution is -2.39. The fourth-order valence-corrected chi connectivity index (χ4v) is 1.84. The number of carbonyl (C=O) groups excluding carboxylic acids is 1. The van der Waals surface area contributed by atoms with Gasteiger partial charge in [-0.25, -0.2) is 0 Å². The highest BCUT2D eigenvalue weighted by Gasteiger charge is 2.30. The van der Waals surface area contributed by atoms with Gasteiger partial charge in [-0.3, -0.25) is 9.59 Å². The fourth-order valence-electron chi connectivity index (χ4n) is 1.84. The van der Waals surface area contributed by atoms with Gasteiger partial charge in [0.2, 0.25) is 5.91 Å². The van der Waals surface area contributed by atoms with Gasteiger partial charge in [0.15, 0.2) is 0 Å². The summed E-state index contributed by atoms with van der Waals surface area (Å²) < 4.78 is 0. The van der Waals surface area contributed by atoms with E-state index in [-0.39, 0.29) is 18.4 Å². The van der Waals surface area contributed by atoms with Crippen LogP contribution in [0, 0.1) is 5.41 Å². The van der Waals surface area contributed by atoms with Crippen LogP contribution in [0.3, 0.4) is 0 Å². The van der Waals surface area contributed by atoms with Crippen molar-refractivity contribution in [1.82, 2.24) is 5.32 Å². The maximum absolute atomic E-state index is 11.8. The summed E-state index contributed by atoms with van der Waals surface area (Å²) in [4.78, 5) is 22.8. The summed E-state index contributed by atoms with van der Waals surface area (Å²) in [5.74, 6) is -1.09. The summed E-state index contributed by atoms with van der Waals surface area (Å²) in [5, 5.41) is 12.0. The third kappa shape index (κ3) is 6.62. The standard InChI is InChI=1S/C14H27NO3/c1-5-7-9-11(8-6-2)15-12(16)10-14(3,4)13(17)18/h11H,5-10H2,1-4H3,(H,15,16)(H,17,18). The molecule has 0 saturated heterocycles. The molecule has 0 heterocycles. The minimum atomic E-state index is -0.994. The normalized spacial score (nSPS) is 13.1. The molecule has 1 unspecified atom stereocenters. The molecule has 1 amide bonds. The molecule has 0 fully saturated rings. The molecule has 0 aromatic carbocycles. The van der Waals surface area contributed by atoms with Gasteiger partial charge in [0, 0.05) is 12.5 Å². The molecule has 18 heavy (non-hydrogen) atoms. The summed E-state index contributed by atoms with van der Waals surface area (Å²) in [5.41, 5.74) is -0.994. The maximum Gasteiger partial charge on any atom is 0.309 e. The average molecular weight is 257 g/mol. The van der Waals surface area contributed by atoms with Crippen molar-refractivity contribution >= 4 is 11.9 Å². The summed E-state index contributed by atoms with van der Waals surface area (Å²) in [6.45, 7) is 7.37. The van der Waals surface area contributed by atoms with Gasteiger partial charge in [-0.05, 0) is 26.7 Å². The second kappa shape index (κ2) is 8.11. The third-order valence-electron chi connectivity index (χ3n) is 3.09. The van der Waals surface area contributed by atoms with E-state index in [0.29, 0.717) is 0 Å². The van der Waals surface area contributed by atoms with Crippen molar-refractivity contribution in [3.05, 3.63) is 0 Å². The monoisotopic (exact) mass is 257 g/mol. The molecule has 0 bridgehead atoms. The summed E-state index contributed by atoms with van der Waals surface area (Å²) in [7, 11) is 0. The van der Waals surface area contributed by atoms with Gasteiger partial charge in [-0.2, -0.15) is 0 Å². The second-order valence-electron chi connectivity index (χ2n) is 5.56. The number of amides is 1. The zero-order valence-electron chi connectivity index (χ0n) is 12.1. The van der Waals surface area contributed by atoms with E-state index in [0.717, 1.165) is 32.1 Å². The van der Waals surface area contributed by atoms with Crippen molar-refractivity contribution < 1.29 is 14.7 Å². The van der Waals surface area contributed by atoms with Crippen LogP contribution in [0.25, 0.3) is 0 Å². The van der Waals surface area contributed by atoms with Gasteiger partial charge in [-0.15, -0.1) is 0 Å². The van der Waals surface area contributed by atoms with Crippen molar-refractivity contribution in [2.45, 2.75) is 72.3 Å². The molecule has 0 rings (SSSR count). The molecule has 0 aliphatic rings. The van der Waals surface area contributed by atoms with Crippen molar-refractivity contribution in [3.63, 3.8) is 0 Å². The first-order valence-electron chi connectivity index (χ1n) is 6.86. The highest BCUT2D eigenvalue weighted by Crippen LogP contribution is 2.20. The van der Waals surface area contributed by atoms with Crippen LogP contribution in [0.4, 0.5) is 0 Å². The van der Waals surface area contributed by atoms with Crippen LogP contribution in [-0.4, -0.2) is 23.0 Å². The van der Waals surface area contributed by atoms with Crippen LogP contribution in [0.5, 0.6) is 0 Å². The summed E-state index contributed by atoms with van der Waals surface area (Å²) in [6, 6.07) is 0.187. The van der Waals surface area contributed by atoms with Crippen LogP contribution in [0.2, 0.25) is 0 Å². The van der Waals surface area contributed by atoms with Crippen LogP contribution in [0.1, 0.15) is 66.2 Å². The van der Waals surface area contributed by atoms with Crippen LogP contribution >= 0.6 is 0 Å². The van der Waals surface area contributed by atoms with E-state index in [4.69, 9.17) is 5.11 Å². The van der Waals surface area contributed by atoms with Crippen molar-refractivity contribution in [1.29, 1.82) is 0 Å². The molecule has 0 spiro atoms. The first-order chi connectivity index (χ1) is 8.33. The molecule has 0 aliphatic carbocycles. The molecule has 0 aromatic heterocycles. The fraction of sp³-hybridized carbons (Fsp3) is 0.857. The maximum atomic E-state index is 11.8. The lowest BCUT2D eigenvalue weighted by Gasteiger charge is -2.22. The highest BCUT2D eigenvalue weighted by atomic mass is 16.4. The van der Waals surface area contributed by atoms with Gasteiger partial charge in [0.25, 0.3) is 0 Å². The zero-order chi connectivity index (χ0) is 14.2. The Morgan fingerprint density at radius 3 is 2.22 bits per heavy atom. The molecule has 4 heteroatoms. The Labute approximate surface area is 110 Å². The average Bonchev–Trinajstić information content (AvgIpc) is 2.25. The van der Waals surface area contributed by atoms with Gasteiger partial charge >= 0.3 is 5.97 Å². The first kappa shape index (κ1) is 16.9. The van der Waals surface area contributed by atoms with E-state index in [9.17, 15) is 9.59 Å². The molecular weight excluding hydrogens is 230 g/mol. The minimum Gasteiger partial charge on any atom is -0.481 e. The molecule has 0 radical (unpaired) electrons. The molecule has 2 N–H and O–H groups in total. The van der Waals surface area contributed by atoms with E-state index in [1.54, 1.807) is 13.8 Å². The van der Waals surface area contributed by atoms with Crippen LogP contribution in [-0.2, 0) is 9.59 Å². The quantitative estimate of drug-likeness (QED) is 0.667. The van der Waals surface area contributed by atoms with E-state index in [2.05, 4.69) is 19.2 Å². The van der Waals surface area contributed by atoms with Crippen molar-refractivity contribution in [3.8, 4) is 0 Å². The largest absolute Gasteiger partial charge is 0.481 e. The number of hydrogen-bond donors (Lipinski definition) is 2. The molecule has 0 saturated carbocycles. The smallest absolute Gasteiger partial charge is 0.309 e. The molecule has 4 nitrogen and oxygen atoms in total. The van der Waals surface area contributed by atoms with Crippen molar-refractivity contribution in [2.24, 2.45) is 5.41 Å². The molecule has 1 atom stereocenters. The van der Waals surface area contributed by atoms with Crippen molar-refractivity contribution in [2.75, 3.05) is 0 Å². The van der Waals surface area contributed by atoms with Crippen LogP contribution in [0.15, 0.2) is 0 Å². The Morgan fingerprint density at radius 1 is 1.17 bits per heavy atom. The lowest BCUT2D eigenvalue weighted by molar-refractivity contribution is -0.149. The summed E-state index contributed by atoms with van der Waals surface area (Å²) >= 11 is 0. The molecule has 0 aromatic rings. The number of carbonyl (C=O) groups is 2. The predicted molar refractivity (Wildman–Crippen MR) is 72.4 cm³/mol. The van der Waals surface area contributed by atoms with E-state index >= 15 is 0 Å². The first-order valence-corrected chi connectivity index (χ1v) is 6.86. The number of hydrogen-bond acceptors (Lipinski definition) is 2. The van der Waals surface area contributed by atoms with E-state index in [1.807, 2.05) is 0 Å². The third-order valence-corrected chi connectivity index (χ3v) is 3.09.